The van der Waals surface area contributed by atoms with E-state index in [0.29, 0.717) is 0 Å². The van der Waals surface area contributed by atoms with E-state index < -0.39 is 19.5 Å². The Bertz CT molecular complexity index is 226. The molecule has 1 aliphatic rings. The molecule has 0 aromatic rings. The lowest BCUT2D eigenvalue weighted by atomic mass is 11.7. The monoisotopic (exact) mass is 356 g/mol. The molecule has 1 aliphatic heterocycles. The van der Waals surface area contributed by atoms with Crippen molar-refractivity contribution in [2.24, 2.45) is 0 Å². The highest BCUT2D eigenvalue weighted by atomic mass is 35.5. The van der Waals surface area contributed by atoms with E-state index >= 15 is 0 Å². The minimum absolute atomic E-state index is 0.889. The molecule has 0 atom stereocenters. The van der Waals surface area contributed by atoms with Gasteiger partial charge < -0.3 is 0 Å². The van der Waals surface area contributed by atoms with Crippen LogP contribution in [0.4, 0.5) is 0 Å². The number of hydrogen-bond donors (Lipinski definition) is 0. The van der Waals surface area contributed by atoms with E-state index in [0.717, 1.165) is 23.5 Å². The normalized spacial score (nSPS) is 31.5. The van der Waals surface area contributed by atoms with E-state index in [9.17, 15) is 0 Å². The van der Waals surface area contributed by atoms with Gasteiger partial charge in [-0.15, -0.1) is 10.5 Å². The molecular weight excluding hydrogens is 357 g/mol. The molecule has 78 valence electrons. The zero-order valence-electron chi connectivity index (χ0n) is 5.70. The predicted molar refractivity (Wildman–Crippen MR) is 73.2 cm³/mol. The van der Waals surface area contributed by atoms with Crippen LogP contribution in [0.3, 0.4) is 0 Å². The van der Waals surface area contributed by atoms with Gasteiger partial charge in [-0.3, -0.25) is 0 Å². The van der Waals surface area contributed by atoms with Crippen LogP contribution in [-0.4, -0.2) is 14.9 Å². The molecule has 1 heterocycles. The van der Waals surface area contributed by atoms with Gasteiger partial charge in [0.15, 0.2) is 0 Å². The largest absolute Gasteiger partial charge is 0.216 e. The first-order valence-electron chi connectivity index (χ1n) is 2.65. The van der Waals surface area contributed by atoms with Crippen molar-refractivity contribution < 1.29 is 0 Å². The molecular formula is C4H2Cl6S3. The maximum atomic E-state index is 5.92. The average Bonchev–Trinajstić information content (AvgIpc) is 1.77. The highest BCUT2D eigenvalue weighted by molar-refractivity contribution is 8.46. The summed E-state index contributed by atoms with van der Waals surface area (Å²) in [4.78, 5) is 0. The van der Waals surface area contributed by atoms with Gasteiger partial charge in [-0.25, -0.2) is 0 Å². The van der Waals surface area contributed by atoms with Gasteiger partial charge in [0.2, 0.25) is 8.99 Å². The second kappa shape index (κ2) is 4.15. The average molecular weight is 359 g/mol. The van der Waals surface area contributed by atoms with Crippen LogP contribution in [0, 0.1) is 0 Å². The van der Waals surface area contributed by atoms with Crippen LogP contribution in [0.25, 0.3) is 0 Å². The topological polar surface area (TPSA) is 0 Å². The van der Waals surface area contributed by atoms with Crippen LogP contribution < -0.4 is 0 Å². The summed E-state index contributed by atoms with van der Waals surface area (Å²) in [5, 5.41) is 0. The maximum absolute atomic E-state index is 5.92. The Balaban J connectivity index is 3.03. The Kier molecular flexibility index (Phi) is 4.39. The molecule has 0 aliphatic carbocycles. The van der Waals surface area contributed by atoms with Crippen molar-refractivity contribution >= 4 is 109 Å². The van der Waals surface area contributed by atoms with Crippen molar-refractivity contribution in [3.63, 3.8) is 0 Å². The van der Waals surface area contributed by atoms with Gasteiger partial charge in [0.25, 0.3) is 0 Å². The summed E-state index contributed by atoms with van der Waals surface area (Å²) in [6, 6.07) is 0. The van der Waals surface area contributed by atoms with Crippen molar-refractivity contribution in [3.05, 3.63) is 0 Å². The molecule has 1 rings (SSSR count). The van der Waals surface area contributed by atoms with E-state index in [4.69, 9.17) is 69.6 Å². The first kappa shape index (κ1) is 13.7. The van der Waals surface area contributed by atoms with Gasteiger partial charge in [0.1, 0.15) is 0 Å². The van der Waals surface area contributed by atoms with Crippen LogP contribution in [0.2, 0.25) is 0 Å². The molecule has 9 heteroatoms. The van der Waals surface area contributed by atoms with Gasteiger partial charge >= 0.3 is 0 Å². The van der Waals surface area contributed by atoms with Crippen LogP contribution in [-0.2, 0) is 0 Å². The smallest absolute Gasteiger partial charge is 0.101 e. The highest BCUT2D eigenvalue weighted by Crippen LogP contribution is 2.75. The first-order chi connectivity index (χ1) is 5.57. The molecule has 0 spiro atoms. The Morgan fingerprint density at radius 3 is 1.46 bits per heavy atom. The van der Waals surface area contributed by atoms with E-state index in [1.165, 1.54) is 0 Å². The number of halogens is 6. The van der Waals surface area contributed by atoms with Crippen molar-refractivity contribution in [2.75, 3.05) is 0 Å². The zero-order chi connectivity index (χ0) is 10.5. The summed E-state index contributed by atoms with van der Waals surface area (Å²) in [6.45, 7) is 0. The SMILES string of the molecule is C=S1C(Cl)(Cl)SC(Cl)(Cl)SC1(Cl)Cl. The maximum Gasteiger partial charge on any atom is 0.216 e. The summed E-state index contributed by atoms with van der Waals surface area (Å²) in [6.07, 6.45) is 0. The third kappa shape index (κ3) is 3.31. The highest BCUT2D eigenvalue weighted by Gasteiger charge is 2.55. The lowest BCUT2D eigenvalue weighted by molar-refractivity contribution is 1.59. The minimum atomic E-state index is -1.27. The number of thioether (sulfide) groups is 2. The van der Waals surface area contributed by atoms with Crippen LogP contribution in [0.15, 0.2) is 0 Å². The van der Waals surface area contributed by atoms with E-state index in [1.807, 2.05) is 0 Å². The number of alkyl halides is 6. The molecule has 0 saturated carbocycles. The van der Waals surface area contributed by atoms with Crippen LogP contribution >= 0.6 is 104 Å². The van der Waals surface area contributed by atoms with Gasteiger partial charge in [-0.2, -0.15) is 0 Å². The lowest BCUT2D eigenvalue weighted by Crippen LogP contribution is -2.28. The van der Waals surface area contributed by atoms with E-state index in [2.05, 4.69) is 5.87 Å². The van der Waals surface area contributed by atoms with Gasteiger partial charge in [0.05, 0.1) is 0 Å². The molecule has 0 radical (unpaired) electrons. The molecule has 0 aromatic heterocycles. The molecule has 0 N–H and O–H groups in total. The second-order valence-electron chi connectivity index (χ2n) is 1.98. The van der Waals surface area contributed by atoms with Crippen molar-refractivity contribution in [1.29, 1.82) is 0 Å². The lowest BCUT2D eigenvalue weighted by Gasteiger charge is -2.41. The zero-order valence-corrected chi connectivity index (χ0v) is 12.7. The third-order valence-electron chi connectivity index (χ3n) is 1.05. The molecule has 0 unspecified atom stereocenters. The van der Waals surface area contributed by atoms with E-state index in [1.54, 1.807) is 0 Å². The summed E-state index contributed by atoms with van der Waals surface area (Å²) in [5.74, 6) is 3.71. The Morgan fingerprint density at radius 1 is 0.846 bits per heavy atom. The fraction of sp³-hybridized carbons (Fsp3) is 0.750. The fourth-order valence-corrected chi connectivity index (χ4v) is 12.3. The Morgan fingerprint density at radius 2 is 1.15 bits per heavy atom. The molecule has 0 bridgehead atoms. The third-order valence-corrected chi connectivity index (χ3v) is 9.44. The Labute approximate surface area is 117 Å². The summed E-state index contributed by atoms with van der Waals surface area (Å²) in [5.41, 5.74) is 0. The predicted octanol–water partition coefficient (Wildman–Crippen LogP) is 5.43. The number of hydrogen-bond acceptors (Lipinski definition) is 2. The Hall–Kier alpha value is 2.66. The van der Waals surface area contributed by atoms with Gasteiger partial charge in [-0.05, 0) is 0 Å². The van der Waals surface area contributed by atoms with Crippen LogP contribution in [0.5, 0.6) is 0 Å². The van der Waals surface area contributed by atoms with Crippen molar-refractivity contribution in [2.45, 2.75) is 8.99 Å². The van der Waals surface area contributed by atoms with Crippen molar-refractivity contribution in [1.82, 2.24) is 0 Å². The molecule has 0 nitrogen and oxygen atoms in total. The fourth-order valence-electron chi connectivity index (χ4n) is 0.536. The summed E-state index contributed by atoms with van der Waals surface area (Å²) < 4.78 is -3.79. The quantitative estimate of drug-likeness (QED) is 0.418. The first-order valence-corrected chi connectivity index (χ1v) is 7.94. The van der Waals surface area contributed by atoms with Gasteiger partial charge in [0, 0.05) is 0 Å². The summed E-state index contributed by atoms with van der Waals surface area (Å²) in [7, 11) is -0.889. The summed E-state index contributed by atoms with van der Waals surface area (Å²) >= 11 is 37.3. The molecule has 0 aromatic carbocycles. The molecule has 1 fully saturated rings. The standard InChI is InChI=1S/C4H2Cl6S3/c1-13-3(7,8)11-2(5,6)12-4(13,9)10/h1H2. The second-order valence-corrected chi connectivity index (χ2v) is 14.3. The molecule has 0 amide bonds. The molecule has 13 heavy (non-hydrogen) atoms. The van der Waals surface area contributed by atoms with E-state index in [-0.39, 0.29) is 0 Å². The van der Waals surface area contributed by atoms with Crippen molar-refractivity contribution in [3.8, 4) is 0 Å². The van der Waals surface area contributed by atoms with Crippen LogP contribution in [0.1, 0.15) is 0 Å². The van der Waals surface area contributed by atoms with Gasteiger partial charge in [-0.1, -0.05) is 99.0 Å². The minimum Gasteiger partial charge on any atom is -0.101 e. The number of rotatable bonds is 0. The molecule has 1 saturated heterocycles.